The molecule has 3 nitrogen and oxygen atoms in total. The highest BCUT2D eigenvalue weighted by Gasteiger charge is 2.16. The van der Waals surface area contributed by atoms with Crippen LogP contribution in [0.3, 0.4) is 0 Å². The van der Waals surface area contributed by atoms with Crippen molar-refractivity contribution in [1.82, 2.24) is 0 Å². The summed E-state index contributed by atoms with van der Waals surface area (Å²) in [6, 6.07) is 56.9. The molecule has 0 fully saturated rings. The van der Waals surface area contributed by atoms with Gasteiger partial charge in [0.1, 0.15) is 0 Å². The summed E-state index contributed by atoms with van der Waals surface area (Å²) in [6.07, 6.45) is 0.572. The van der Waals surface area contributed by atoms with E-state index in [1.807, 2.05) is 24.3 Å². The Hall–Kier alpha value is -5.12. The first-order valence-electron chi connectivity index (χ1n) is 14.0. The van der Waals surface area contributed by atoms with E-state index >= 15 is 0 Å². The van der Waals surface area contributed by atoms with Gasteiger partial charge in [0, 0.05) is 40.7 Å². The standard InChI is InChI=1S/C38H32N2O/c41-28-27-31-29-37(40(34-17-9-3-10-18-34)35-19-11-4-12-20-35)25-26-38(31)30-21-23-36(24-22-30)39(32-13-5-1-6-14-32)33-15-7-2-8-16-33/h1-26,29,41H,27-28H2. The summed E-state index contributed by atoms with van der Waals surface area (Å²) >= 11 is 0. The fourth-order valence-corrected chi connectivity index (χ4v) is 5.32. The number of aliphatic hydroxyl groups excluding tert-OH is 1. The van der Waals surface area contributed by atoms with Gasteiger partial charge in [0.25, 0.3) is 0 Å². The van der Waals surface area contributed by atoms with Crippen molar-refractivity contribution < 1.29 is 5.11 Å². The molecule has 41 heavy (non-hydrogen) atoms. The molecular weight excluding hydrogens is 500 g/mol. The number of nitrogens with zero attached hydrogens (tertiary/aromatic N) is 2. The maximum atomic E-state index is 10.0. The van der Waals surface area contributed by atoms with Crippen LogP contribution in [0.15, 0.2) is 164 Å². The number of benzene rings is 6. The molecule has 1 N–H and O–H groups in total. The Morgan fingerprint density at radius 1 is 0.390 bits per heavy atom. The Bertz CT molecular complexity index is 1590. The van der Waals surface area contributed by atoms with Crippen LogP contribution in [0.4, 0.5) is 34.1 Å². The Morgan fingerprint density at radius 3 is 1.17 bits per heavy atom. The van der Waals surface area contributed by atoms with E-state index in [0.29, 0.717) is 6.42 Å². The first kappa shape index (κ1) is 26.1. The Morgan fingerprint density at radius 2 is 0.756 bits per heavy atom. The number of para-hydroxylation sites is 4. The molecule has 6 aromatic rings. The summed E-state index contributed by atoms with van der Waals surface area (Å²) in [6.45, 7) is 0.0843. The molecule has 0 saturated carbocycles. The number of hydrogen-bond acceptors (Lipinski definition) is 3. The SMILES string of the molecule is OCCc1cc(N(c2ccccc2)c2ccccc2)ccc1-c1ccc(N(c2ccccc2)c2ccccc2)cc1. The van der Waals surface area contributed by atoms with Crippen LogP contribution in [0.2, 0.25) is 0 Å². The lowest BCUT2D eigenvalue weighted by Gasteiger charge is -2.27. The maximum absolute atomic E-state index is 10.0. The van der Waals surface area contributed by atoms with Gasteiger partial charge in [-0.25, -0.2) is 0 Å². The van der Waals surface area contributed by atoms with Crippen LogP contribution in [-0.4, -0.2) is 11.7 Å². The number of hydrogen-bond donors (Lipinski definition) is 1. The molecule has 0 atom stereocenters. The highest BCUT2D eigenvalue weighted by atomic mass is 16.2. The molecule has 0 heterocycles. The van der Waals surface area contributed by atoms with Crippen LogP contribution < -0.4 is 9.80 Å². The van der Waals surface area contributed by atoms with Gasteiger partial charge in [-0.1, -0.05) is 91.0 Å². The van der Waals surface area contributed by atoms with E-state index < -0.39 is 0 Å². The third-order valence-electron chi connectivity index (χ3n) is 7.22. The van der Waals surface area contributed by atoms with Crippen LogP contribution in [-0.2, 0) is 6.42 Å². The van der Waals surface area contributed by atoms with Crippen LogP contribution in [0.25, 0.3) is 11.1 Å². The normalized spacial score (nSPS) is 10.8. The minimum absolute atomic E-state index is 0.0843. The summed E-state index contributed by atoms with van der Waals surface area (Å²) in [5.74, 6) is 0. The van der Waals surface area contributed by atoms with E-state index in [1.165, 1.54) is 0 Å². The van der Waals surface area contributed by atoms with Crippen molar-refractivity contribution in [2.24, 2.45) is 0 Å². The van der Waals surface area contributed by atoms with E-state index in [2.05, 4.69) is 149 Å². The zero-order valence-electron chi connectivity index (χ0n) is 22.8. The van der Waals surface area contributed by atoms with Gasteiger partial charge in [-0.05, 0) is 95.9 Å². The van der Waals surface area contributed by atoms with Crippen molar-refractivity contribution in [3.63, 3.8) is 0 Å². The first-order valence-corrected chi connectivity index (χ1v) is 14.0. The van der Waals surface area contributed by atoms with Gasteiger partial charge in [-0.3, -0.25) is 0 Å². The van der Waals surface area contributed by atoms with Gasteiger partial charge in [0.2, 0.25) is 0 Å². The lowest BCUT2D eigenvalue weighted by atomic mass is 9.96. The summed E-state index contributed by atoms with van der Waals surface area (Å²) < 4.78 is 0. The van der Waals surface area contributed by atoms with E-state index in [9.17, 15) is 5.11 Å². The topological polar surface area (TPSA) is 26.7 Å². The summed E-state index contributed by atoms with van der Waals surface area (Å²) in [5, 5.41) is 10.0. The van der Waals surface area contributed by atoms with E-state index in [0.717, 1.165) is 50.8 Å². The lowest BCUT2D eigenvalue weighted by Crippen LogP contribution is -2.10. The summed E-state index contributed by atoms with van der Waals surface area (Å²) in [5.41, 5.74) is 9.91. The average molecular weight is 533 g/mol. The molecule has 0 aliphatic carbocycles. The van der Waals surface area contributed by atoms with Crippen LogP contribution >= 0.6 is 0 Å². The molecule has 0 aliphatic heterocycles. The van der Waals surface area contributed by atoms with Gasteiger partial charge in [-0.2, -0.15) is 0 Å². The zero-order chi connectivity index (χ0) is 27.9. The van der Waals surface area contributed by atoms with Crippen LogP contribution in [0.1, 0.15) is 5.56 Å². The molecular formula is C38H32N2O. The van der Waals surface area contributed by atoms with Crippen molar-refractivity contribution >= 4 is 34.1 Å². The van der Waals surface area contributed by atoms with Gasteiger partial charge in [-0.15, -0.1) is 0 Å². The smallest absolute Gasteiger partial charge is 0.0471 e. The molecule has 200 valence electrons. The maximum Gasteiger partial charge on any atom is 0.0471 e. The van der Waals surface area contributed by atoms with Crippen molar-refractivity contribution in [2.45, 2.75) is 6.42 Å². The third kappa shape index (κ3) is 5.76. The van der Waals surface area contributed by atoms with E-state index in [1.54, 1.807) is 0 Å². The minimum Gasteiger partial charge on any atom is -0.396 e. The lowest BCUT2D eigenvalue weighted by molar-refractivity contribution is 0.300. The number of rotatable bonds is 9. The van der Waals surface area contributed by atoms with Gasteiger partial charge >= 0.3 is 0 Å². The Kier molecular flexibility index (Phi) is 7.88. The minimum atomic E-state index is 0.0843. The first-order chi connectivity index (χ1) is 20.3. The number of aliphatic hydroxyl groups is 1. The fourth-order valence-electron chi connectivity index (χ4n) is 5.32. The highest BCUT2D eigenvalue weighted by molar-refractivity contribution is 5.81. The molecule has 6 aromatic carbocycles. The largest absolute Gasteiger partial charge is 0.396 e. The second kappa shape index (κ2) is 12.4. The van der Waals surface area contributed by atoms with Crippen molar-refractivity contribution in [2.75, 3.05) is 16.4 Å². The quantitative estimate of drug-likeness (QED) is 0.201. The van der Waals surface area contributed by atoms with Crippen molar-refractivity contribution in [1.29, 1.82) is 0 Å². The van der Waals surface area contributed by atoms with Crippen LogP contribution in [0, 0.1) is 0 Å². The Balaban J connectivity index is 1.38. The number of anilines is 6. The molecule has 0 bridgehead atoms. The van der Waals surface area contributed by atoms with E-state index in [-0.39, 0.29) is 6.61 Å². The summed E-state index contributed by atoms with van der Waals surface area (Å²) in [4.78, 5) is 4.52. The second-order valence-corrected chi connectivity index (χ2v) is 9.87. The highest BCUT2D eigenvalue weighted by Crippen LogP contribution is 2.39. The van der Waals surface area contributed by atoms with Gasteiger partial charge in [0.15, 0.2) is 0 Å². The van der Waals surface area contributed by atoms with Gasteiger partial charge in [0.05, 0.1) is 0 Å². The second-order valence-electron chi connectivity index (χ2n) is 9.87. The fraction of sp³-hybridized carbons (Fsp3) is 0.0526. The van der Waals surface area contributed by atoms with Crippen molar-refractivity contribution in [3.05, 3.63) is 169 Å². The monoisotopic (exact) mass is 532 g/mol. The molecule has 0 aromatic heterocycles. The van der Waals surface area contributed by atoms with Crippen molar-refractivity contribution in [3.8, 4) is 11.1 Å². The van der Waals surface area contributed by atoms with Crippen LogP contribution in [0.5, 0.6) is 0 Å². The predicted octanol–water partition coefficient (Wildman–Crippen LogP) is 9.83. The third-order valence-corrected chi connectivity index (χ3v) is 7.22. The molecule has 0 saturated heterocycles. The average Bonchev–Trinajstić information content (AvgIpc) is 3.04. The zero-order valence-corrected chi connectivity index (χ0v) is 22.8. The Labute approximate surface area is 242 Å². The summed E-state index contributed by atoms with van der Waals surface area (Å²) in [7, 11) is 0. The molecule has 0 radical (unpaired) electrons. The molecule has 3 heteroatoms. The molecule has 0 aliphatic rings. The molecule has 0 unspecified atom stereocenters. The molecule has 6 rings (SSSR count). The van der Waals surface area contributed by atoms with Gasteiger partial charge < -0.3 is 14.9 Å². The molecule has 0 spiro atoms. The van der Waals surface area contributed by atoms with E-state index in [4.69, 9.17) is 0 Å². The predicted molar refractivity (Wildman–Crippen MR) is 172 cm³/mol. The molecule has 0 amide bonds.